The molecule has 3 atom stereocenters. The average Bonchev–Trinajstić information content (AvgIpc) is 3.35. The van der Waals surface area contributed by atoms with Crippen molar-refractivity contribution >= 4 is 32.4 Å². The van der Waals surface area contributed by atoms with Gasteiger partial charge in [-0.25, -0.2) is 4.98 Å². The molecule has 1 amide bonds. The number of nitrogens with zero attached hydrogens (tertiary/aromatic N) is 2. The molecule has 2 heterocycles. The summed E-state index contributed by atoms with van der Waals surface area (Å²) in [5.41, 5.74) is 3.79. The number of aromatic nitrogens is 2. The van der Waals surface area contributed by atoms with Crippen LogP contribution in [-0.4, -0.2) is 27.9 Å². The van der Waals surface area contributed by atoms with Gasteiger partial charge in [-0.05, 0) is 67.6 Å². The molecule has 0 unspecified atom stereocenters. The Morgan fingerprint density at radius 2 is 2.00 bits per heavy atom. The minimum Gasteiger partial charge on any atom is -0.494 e. The van der Waals surface area contributed by atoms with Crippen molar-refractivity contribution in [1.29, 1.82) is 0 Å². The van der Waals surface area contributed by atoms with Crippen molar-refractivity contribution in [1.82, 2.24) is 14.7 Å². The summed E-state index contributed by atoms with van der Waals surface area (Å²) in [6.45, 7) is 7.19. The van der Waals surface area contributed by atoms with Crippen LogP contribution in [0.2, 0.25) is 0 Å². The minimum absolute atomic E-state index is 0.0268. The van der Waals surface area contributed by atoms with Crippen LogP contribution in [0.4, 0.5) is 0 Å². The number of ether oxygens (including phenoxy) is 1. The van der Waals surface area contributed by atoms with Crippen molar-refractivity contribution in [2.45, 2.75) is 46.1 Å². The Bertz CT molecular complexity index is 1260. The van der Waals surface area contributed by atoms with E-state index in [4.69, 9.17) is 9.72 Å². The number of thiazole rings is 1. The van der Waals surface area contributed by atoms with Gasteiger partial charge in [0.1, 0.15) is 5.75 Å². The molecule has 0 saturated heterocycles. The lowest BCUT2D eigenvalue weighted by molar-refractivity contribution is 0.0891. The predicted molar refractivity (Wildman–Crippen MR) is 131 cm³/mol. The normalized spacial score (nSPS) is 21.2. The van der Waals surface area contributed by atoms with Crippen LogP contribution in [0.5, 0.6) is 5.75 Å². The topological polar surface area (TPSA) is 55.6 Å². The number of nitrogens with one attached hydrogen (secondary N) is 1. The smallest absolute Gasteiger partial charge is 0.251 e. The molecular weight excluding hydrogens is 418 g/mol. The third kappa shape index (κ3) is 3.88. The number of benzene rings is 2. The molecule has 0 aliphatic heterocycles. The predicted octanol–water partition coefficient (Wildman–Crippen LogP) is 6.17. The lowest BCUT2D eigenvalue weighted by atomic mass is 9.78. The monoisotopic (exact) mass is 447 g/mol. The number of carbonyl (C=O) groups is 1. The van der Waals surface area contributed by atoms with Crippen molar-refractivity contribution in [2.24, 2.45) is 11.8 Å². The van der Waals surface area contributed by atoms with Crippen molar-refractivity contribution in [3.05, 3.63) is 54.2 Å². The summed E-state index contributed by atoms with van der Waals surface area (Å²) in [5, 5.41) is 3.28. The second-order valence-electron chi connectivity index (χ2n) is 8.87. The molecule has 1 saturated carbocycles. The van der Waals surface area contributed by atoms with Crippen LogP contribution >= 0.6 is 11.3 Å². The molecule has 5 nitrogen and oxygen atoms in total. The maximum Gasteiger partial charge on any atom is 0.251 e. The number of imidazole rings is 1. The van der Waals surface area contributed by atoms with Gasteiger partial charge in [0.25, 0.3) is 5.91 Å². The number of hydrogen-bond acceptors (Lipinski definition) is 4. The molecule has 2 aromatic carbocycles. The molecular formula is C26H29N3O2S. The summed E-state index contributed by atoms with van der Waals surface area (Å²) < 4.78 is 8.71. The maximum absolute atomic E-state index is 12.9. The highest BCUT2D eigenvalue weighted by atomic mass is 32.1. The second kappa shape index (κ2) is 8.58. The quantitative estimate of drug-likeness (QED) is 0.398. The SMILES string of the molecule is CCOc1ccc(-c2cn3c(n2)sc2cc(C(=O)N[C@@H]4CCC[C@@H](C)[C@@H]4C)ccc23)cc1. The van der Waals surface area contributed by atoms with Crippen LogP contribution in [0, 0.1) is 11.8 Å². The van der Waals surface area contributed by atoms with Crippen LogP contribution in [0.15, 0.2) is 48.7 Å². The highest BCUT2D eigenvalue weighted by Gasteiger charge is 2.28. The van der Waals surface area contributed by atoms with E-state index < -0.39 is 0 Å². The van der Waals surface area contributed by atoms with Crippen LogP contribution < -0.4 is 10.1 Å². The van der Waals surface area contributed by atoms with Gasteiger partial charge in [0.05, 0.1) is 22.5 Å². The van der Waals surface area contributed by atoms with Crippen LogP contribution in [0.1, 0.15) is 50.4 Å². The zero-order chi connectivity index (χ0) is 22.2. The van der Waals surface area contributed by atoms with E-state index in [1.165, 1.54) is 12.8 Å². The van der Waals surface area contributed by atoms with Crippen molar-refractivity contribution < 1.29 is 9.53 Å². The number of fused-ring (bicyclic) bond motifs is 3. The zero-order valence-corrected chi connectivity index (χ0v) is 19.6. The molecule has 6 heteroatoms. The molecule has 0 radical (unpaired) electrons. The zero-order valence-electron chi connectivity index (χ0n) is 18.8. The lowest BCUT2D eigenvalue weighted by Crippen LogP contribution is -2.43. The van der Waals surface area contributed by atoms with Gasteiger partial charge >= 0.3 is 0 Å². The molecule has 32 heavy (non-hydrogen) atoms. The van der Waals surface area contributed by atoms with Gasteiger partial charge in [0.15, 0.2) is 4.96 Å². The van der Waals surface area contributed by atoms with Crippen molar-refractivity contribution in [3.8, 4) is 17.0 Å². The van der Waals surface area contributed by atoms with Crippen LogP contribution in [-0.2, 0) is 0 Å². The number of hydrogen-bond donors (Lipinski definition) is 1. The molecule has 0 bridgehead atoms. The Balaban J connectivity index is 1.38. The summed E-state index contributed by atoms with van der Waals surface area (Å²) in [4.78, 5) is 18.7. The molecule has 2 aromatic heterocycles. The molecule has 1 aliphatic carbocycles. The van der Waals surface area contributed by atoms with Gasteiger partial charge < -0.3 is 10.1 Å². The van der Waals surface area contributed by atoms with Gasteiger partial charge in [0.2, 0.25) is 0 Å². The summed E-state index contributed by atoms with van der Waals surface area (Å²) >= 11 is 1.61. The van der Waals surface area contributed by atoms with E-state index >= 15 is 0 Å². The van der Waals surface area contributed by atoms with Crippen molar-refractivity contribution in [2.75, 3.05) is 6.61 Å². The Labute approximate surface area is 192 Å². The maximum atomic E-state index is 12.9. The lowest BCUT2D eigenvalue weighted by Gasteiger charge is -2.34. The van der Waals surface area contributed by atoms with Gasteiger partial charge in [-0.15, -0.1) is 0 Å². The van der Waals surface area contributed by atoms with Gasteiger partial charge in [-0.3, -0.25) is 9.20 Å². The number of carbonyl (C=O) groups excluding carboxylic acids is 1. The fourth-order valence-corrected chi connectivity index (χ4v) is 5.75. The summed E-state index contributed by atoms with van der Waals surface area (Å²) in [5.74, 6) is 2.07. The van der Waals surface area contributed by atoms with Gasteiger partial charge in [-0.2, -0.15) is 0 Å². The van der Waals surface area contributed by atoms with Gasteiger partial charge in [-0.1, -0.05) is 38.0 Å². The molecule has 0 spiro atoms. The Morgan fingerprint density at radius 3 is 2.78 bits per heavy atom. The van der Waals surface area contributed by atoms with Crippen molar-refractivity contribution in [3.63, 3.8) is 0 Å². The van der Waals surface area contributed by atoms with E-state index in [9.17, 15) is 4.79 Å². The standard InChI is InChI=1S/C26H29N3O2S/c1-4-31-20-11-8-18(9-12-20)22-15-29-23-13-10-19(14-24(23)32-26(29)28-22)25(30)27-21-7-5-6-16(2)17(21)3/h8-17,21H,4-7H2,1-3H3,(H,27,30)/t16-,17+,21-/m1/s1. The summed E-state index contributed by atoms with van der Waals surface area (Å²) in [6, 6.07) is 14.2. The average molecular weight is 448 g/mol. The Hall–Kier alpha value is -2.86. The van der Waals surface area contributed by atoms with Gasteiger partial charge in [0, 0.05) is 23.4 Å². The summed E-state index contributed by atoms with van der Waals surface area (Å²) in [6.07, 6.45) is 5.58. The first-order chi connectivity index (χ1) is 15.5. The third-order valence-corrected chi connectivity index (χ3v) is 7.86. The number of amides is 1. The minimum atomic E-state index is 0.0268. The van der Waals surface area contributed by atoms with E-state index in [1.807, 2.05) is 49.4 Å². The van der Waals surface area contributed by atoms with E-state index in [-0.39, 0.29) is 11.9 Å². The van der Waals surface area contributed by atoms with E-state index in [1.54, 1.807) is 11.3 Å². The third-order valence-electron chi connectivity index (χ3n) is 6.84. The highest BCUT2D eigenvalue weighted by molar-refractivity contribution is 7.23. The second-order valence-corrected chi connectivity index (χ2v) is 9.88. The first kappa shape index (κ1) is 21.0. The summed E-state index contributed by atoms with van der Waals surface area (Å²) in [7, 11) is 0. The first-order valence-corrected chi connectivity index (χ1v) is 12.3. The van der Waals surface area contributed by atoms with E-state index in [0.29, 0.717) is 18.4 Å². The fourth-order valence-electron chi connectivity index (χ4n) is 4.71. The Kier molecular flexibility index (Phi) is 5.64. The largest absolute Gasteiger partial charge is 0.494 e. The molecule has 1 aliphatic rings. The first-order valence-electron chi connectivity index (χ1n) is 11.5. The molecule has 1 fully saturated rings. The highest BCUT2D eigenvalue weighted by Crippen LogP contribution is 2.32. The Morgan fingerprint density at radius 1 is 1.19 bits per heavy atom. The van der Waals surface area contributed by atoms with E-state index in [2.05, 4.69) is 29.8 Å². The van der Waals surface area contributed by atoms with Crippen LogP contribution in [0.25, 0.3) is 26.4 Å². The molecule has 5 rings (SSSR count). The number of rotatable bonds is 5. The molecule has 166 valence electrons. The van der Waals surface area contributed by atoms with E-state index in [0.717, 1.165) is 44.2 Å². The molecule has 1 N–H and O–H groups in total. The molecule has 4 aromatic rings. The van der Waals surface area contributed by atoms with Crippen LogP contribution in [0.3, 0.4) is 0 Å². The fraction of sp³-hybridized carbons (Fsp3) is 0.385.